The van der Waals surface area contributed by atoms with E-state index < -0.39 is 17.7 Å². The van der Waals surface area contributed by atoms with Crippen LogP contribution in [0.3, 0.4) is 0 Å². The molecule has 1 heterocycles. The van der Waals surface area contributed by atoms with E-state index in [1.807, 2.05) is 0 Å². The highest BCUT2D eigenvalue weighted by molar-refractivity contribution is 6.47. The number of Topliss-reactive ketones (excluding diaryl/α,β-unsaturated/α-hetero) is 1. The maximum atomic E-state index is 13.0. The molecule has 8 heteroatoms. The minimum atomic E-state index is -0.798. The molecule has 0 aromatic heterocycles. The first-order chi connectivity index (χ1) is 14.8. The van der Waals surface area contributed by atoms with Crippen molar-refractivity contribution >= 4 is 40.7 Å². The fourth-order valence-corrected chi connectivity index (χ4v) is 4.00. The number of likely N-dealkylation sites (tertiary alicyclic amines) is 1. The van der Waals surface area contributed by atoms with Crippen LogP contribution >= 0.6 is 23.2 Å². The van der Waals surface area contributed by atoms with Crippen LogP contribution in [0.25, 0.3) is 5.76 Å². The lowest BCUT2D eigenvalue weighted by Crippen LogP contribution is -2.31. The number of aliphatic hydroxyl groups excluding tert-OH is 1. The lowest BCUT2D eigenvalue weighted by atomic mass is 9.94. The smallest absolute Gasteiger partial charge is 0.295 e. The van der Waals surface area contributed by atoms with E-state index in [1.165, 1.54) is 4.90 Å². The van der Waals surface area contributed by atoms with Crippen LogP contribution in [-0.2, 0) is 14.3 Å². The van der Waals surface area contributed by atoms with Crippen LogP contribution in [0, 0.1) is 6.92 Å². The Kier molecular flexibility index (Phi) is 7.26. The summed E-state index contributed by atoms with van der Waals surface area (Å²) in [5.74, 6) is -1.06. The van der Waals surface area contributed by atoms with Gasteiger partial charge in [-0.1, -0.05) is 29.3 Å². The van der Waals surface area contributed by atoms with Crippen molar-refractivity contribution in [3.05, 3.63) is 68.7 Å². The number of rotatable bonds is 7. The van der Waals surface area contributed by atoms with Gasteiger partial charge in [0, 0.05) is 25.8 Å². The van der Waals surface area contributed by atoms with Gasteiger partial charge in [0.1, 0.15) is 11.5 Å². The van der Waals surface area contributed by atoms with Gasteiger partial charge in [0.15, 0.2) is 0 Å². The number of benzene rings is 2. The Morgan fingerprint density at radius 2 is 1.84 bits per heavy atom. The number of ketones is 1. The first kappa shape index (κ1) is 23.1. The predicted octanol–water partition coefficient (Wildman–Crippen LogP) is 4.77. The number of aliphatic hydroxyl groups is 1. The lowest BCUT2D eigenvalue weighted by Gasteiger charge is -2.25. The third-order valence-corrected chi connectivity index (χ3v) is 5.97. The van der Waals surface area contributed by atoms with Gasteiger partial charge in [-0.25, -0.2) is 0 Å². The van der Waals surface area contributed by atoms with Crippen molar-refractivity contribution in [2.75, 3.05) is 27.4 Å². The SMILES string of the molecule is COCCCN1C(=O)C(=O)C(=C(O)c2ccc(OC)cc2C)[C@H]1c1ccc(Cl)c(Cl)c1. The Morgan fingerprint density at radius 1 is 1.10 bits per heavy atom. The molecule has 0 radical (unpaired) electrons. The number of hydrogen-bond donors (Lipinski definition) is 1. The molecule has 0 unspecified atom stereocenters. The molecule has 1 aliphatic rings. The van der Waals surface area contributed by atoms with Gasteiger partial charge in [0.05, 0.1) is 28.8 Å². The number of amides is 1. The lowest BCUT2D eigenvalue weighted by molar-refractivity contribution is -0.140. The average molecular weight is 464 g/mol. The quantitative estimate of drug-likeness (QED) is 0.277. The highest BCUT2D eigenvalue weighted by Gasteiger charge is 2.46. The van der Waals surface area contributed by atoms with E-state index in [4.69, 9.17) is 32.7 Å². The fourth-order valence-electron chi connectivity index (χ4n) is 3.69. The molecule has 164 valence electrons. The van der Waals surface area contributed by atoms with E-state index in [0.717, 1.165) is 0 Å². The van der Waals surface area contributed by atoms with Crippen LogP contribution in [-0.4, -0.2) is 49.1 Å². The van der Waals surface area contributed by atoms with Crippen molar-refractivity contribution in [2.24, 2.45) is 0 Å². The number of hydrogen-bond acceptors (Lipinski definition) is 5. The summed E-state index contributed by atoms with van der Waals surface area (Å²) < 4.78 is 10.3. The van der Waals surface area contributed by atoms with E-state index in [9.17, 15) is 14.7 Å². The summed E-state index contributed by atoms with van der Waals surface area (Å²) in [6, 6.07) is 9.21. The summed E-state index contributed by atoms with van der Waals surface area (Å²) in [5.41, 5.74) is 1.74. The van der Waals surface area contributed by atoms with Crippen molar-refractivity contribution in [1.29, 1.82) is 0 Å². The van der Waals surface area contributed by atoms with Crippen LogP contribution in [0.4, 0.5) is 0 Å². The van der Waals surface area contributed by atoms with Crippen molar-refractivity contribution in [1.82, 2.24) is 4.90 Å². The fraction of sp³-hybridized carbons (Fsp3) is 0.304. The number of aryl methyl sites for hydroxylation is 1. The Balaban J connectivity index is 2.17. The van der Waals surface area contributed by atoms with Crippen molar-refractivity contribution in [2.45, 2.75) is 19.4 Å². The second-order valence-electron chi connectivity index (χ2n) is 7.19. The van der Waals surface area contributed by atoms with Crippen molar-refractivity contribution < 1.29 is 24.2 Å². The molecule has 6 nitrogen and oxygen atoms in total. The van der Waals surface area contributed by atoms with Gasteiger partial charge >= 0.3 is 0 Å². The standard InChI is InChI=1S/C23H23Cl2NO5/c1-13-11-15(31-3)6-7-16(13)21(27)19-20(14-5-8-17(24)18(25)12-14)26(9-4-10-30-2)23(29)22(19)28/h5-8,11-12,20,27H,4,9-10H2,1-3H3/t20-/m1/s1. The van der Waals surface area contributed by atoms with Gasteiger partial charge in [-0.3, -0.25) is 9.59 Å². The van der Waals surface area contributed by atoms with E-state index >= 15 is 0 Å². The maximum Gasteiger partial charge on any atom is 0.295 e. The van der Waals surface area contributed by atoms with Crippen LogP contribution in [0.2, 0.25) is 10.0 Å². The predicted molar refractivity (Wildman–Crippen MR) is 120 cm³/mol. The molecule has 2 aromatic carbocycles. The molecule has 3 rings (SSSR count). The molecule has 0 aliphatic carbocycles. The molecule has 2 aromatic rings. The highest BCUT2D eigenvalue weighted by Crippen LogP contribution is 2.41. The molecule has 0 bridgehead atoms. The molecule has 1 amide bonds. The number of carbonyl (C=O) groups is 2. The van der Waals surface area contributed by atoms with E-state index in [0.29, 0.717) is 45.5 Å². The third-order valence-electron chi connectivity index (χ3n) is 5.24. The first-order valence-corrected chi connectivity index (χ1v) is 10.4. The third kappa shape index (κ3) is 4.56. The van der Waals surface area contributed by atoms with Gasteiger partial charge in [0.25, 0.3) is 11.7 Å². The van der Waals surface area contributed by atoms with Gasteiger partial charge < -0.3 is 19.5 Å². The number of ether oxygens (including phenoxy) is 2. The normalized spacial score (nSPS) is 18.0. The number of halogens is 2. The van der Waals surface area contributed by atoms with Crippen molar-refractivity contribution in [3.8, 4) is 5.75 Å². The number of nitrogens with zero attached hydrogens (tertiary/aromatic N) is 1. The summed E-state index contributed by atoms with van der Waals surface area (Å²) in [6.07, 6.45) is 0.531. The molecule has 31 heavy (non-hydrogen) atoms. The molecule has 0 saturated carbocycles. The van der Waals surface area contributed by atoms with Crippen LogP contribution < -0.4 is 4.74 Å². The average Bonchev–Trinajstić information content (AvgIpc) is 3.00. The second-order valence-corrected chi connectivity index (χ2v) is 8.01. The topological polar surface area (TPSA) is 76.1 Å². The Bertz CT molecular complexity index is 1050. The minimum Gasteiger partial charge on any atom is -0.507 e. The van der Waals surface area contributed by atoms with E-state index in [2.05, 4.69) is 0 Å². The van der Waals surface area contributed by atoms with Crippen LogP contribution in [0.1, 0.15) is 29.2 Å². The maximum absolute atomic E-state index is 13.0. The largest absolute Gasteiger partial charge is 0.507 e. The molecule has 1 N–H and O–H groups in total. The number of carbonyl (C=O) groups excluding carboxylic acids is 2. The minimum absolute atomic E-state index is 0.00840. The molecule has 1 fully saturated rings. The van der Waals surface area contributed by atoms with Gasteiger partial charge in [-0.05, 0) is 54.8 Å². The Labute approximate surface area is 191 Å². The highest BCUT2D eigenvalue weighted by atomic mass is 35.5. The molecular weight excluding hydrogens is 441 g/mol. The number of methoxy groups -OCH3 is 2. The Morgan fingerprint density at radius 3 is 2.45 bits per heavy atom. The molecular formula is C23H23Cl2NO5. The zero-order valence-electron chi connectivity index (χ0n) is 17.4. The second kappa shape index (κ2) is 9.73. The van der Waals surface area contributed by atoms with Gasteiger partial charge in [0.2, 0.25) is 0 Å². The van der Waals surface area contributed by atoms with Crippen LogP contribution in [0.15, 0.2) is 42.0 Å². The molecule has 1 saturated heterocycles. The summed E-state index contributed by atoms with van der Waals surface area (Å²) in [6.45, 7) is 2.50. The monoisotopic (exact) mass is 463 g/mol. The Hall–Kier alpha value is -2.54. The summed E-state index contributed by atoms with van der Waals surface area (Å²) in [5, 5.41) is 11.8. The molecule has 1 atom stereocenters. The zero-order chi connectivity index (χ0) is 22.7. The zero-order valence-corrected chi connectivity index (χ0v) is 19.0. The summed E-state index contributed by atoms with van der Waals surface area (Å²) >= 11 is 12.3. The van der Waals surface area contributed by atoms with Crippen molar-refractivity contribution in [3.63, 3.8) is 0 Å². The molecule has 1 aliphatic heterocycles. The molecule has 0 spiro atoms. The summed E-state index contributed by atoms with van der Waals surface area (Å²) in [7, 11) is 3.11. The van der Waals surface area contributed by atoms with E-state index in [1.54, 1.807) is 57.5 Å². The van der Waals surface area contributed by atoms with Gasteiger partial charge in [-0.15, -0.1) is 0 Å². The van der Waals surface area contributed by atoms with E-state index in [-0.39, 0.29) is 17.9 Å². The van der Waals surface area contributed by atoms with Crippen LogP contribution in [0.5, 0.6) is 5.75 Å². The summed E-state index contributed by atoms with van der Waals surface area (Å²) in [4.78, 5) is 27.3. The van der Waals surface area contributed by atoms with Gasteiger partial charge in [-0.2, -0.15) is 0 Å². The first-order valence-electron chi connectivity index (χ1n) is 9.67.